The van der Waals surface area contributed by atoms with E-state index in [4.69, 9.17) is 9.47 Å². The van der Waals surface area contributed by atoms with Gasteiger partial charge in [-0.3, -0.25) is 4.90 Å². The second kappa shape index (κ2) is 8.41. The third-order valence-corrected chi connectivity index (χ3v) is 5.47. The Morgan fingerprint density at radius 3 is 2.50 bits per heavy atom. The molecule has 1 heterocycles. The maximum absolute atomic E-state index is 12.8. The Hall–Kier alpha value is -3.60. The summed E-state index contributed by atoms with van der Waals surface area (Å²) in [4.78, 5) is 27.0. The third-order valence-electron chi connectivity index (χ3n) is 5.47. The number of esters is 1. The van der Waals surface area contributed by atoms with Crippen LogP contribution in [0.5, 0.6) is 0 Å². The van der Waals surface area contributed by atoms with Gasteiger partial charge in [-0.25, -0.2) is 9.59 Å². The zero-order valence-electron chi connectivity index (χ0n) is 16.9. The van der Waals surface area contributed by atoms with Crippen LogP contribution in [0.15, 0.2) is 78.9 Å². The number of hydrogen-bond donors (Lipinski definition) is 0. The number of nitrogens with zero attached hydrogens (tertiary/aromatic N) is 1. The van der Waals surface area contributed by atoms with Crippen molar-refractivity contribution in [2.45, 2.75) is 25.1 Å². The Morgan fingerprint density at radius 1 is 1.03 bits per heavy atom. The van der Waals surface area contributed by atoms with Crippen LogP contribution in [0.25, 0.3) is 16.8 Å². The summed E-state index contributed by atoms with van der Waals surface area (Å²) in [7, 11) is 1.32. The van der Waals surface area contributed by atoms with Gasteiger partial charge in [-0.05, 0) is 34.9 Å². The van der Waals surface area contributed by atoms with Gasteiger partial charge in [0.05, 0.1) is 13.2 Å². The minimum absolute atomic E-state index is 0.372. The van der Waals surface area contributed by atoms with Crippen molar-refractivity contribution in [2.75, 3.05) is 7.11 Å². The number of amides is 1. The van der Waals surface area contributed by atoms with Crippen molar-refractivity contribution in [3.63, 3.8) is 0 Å². The van der Waals surface area contributed by atoms with Crippen molar-refractivity contribution >= 4 is 28.9 Å². The van der Waals surface area contributed by atoms with Crippen molar-refractivity contribution in [1.82, 2.24) is 4.90 Å². The Bertz CT molecular complexity index is 1090. The average molecular weight is 401 g/mol. The van der Waals surface area contributed by atoms with E-state index in [0.29, 0.717) is 0 Å². The number of hydrogen-bond acceptors (Lipinski definition) is 4. The highest BCUT2D eigenvalue weighted by atomic mass is 16.6. The zero-order chi connectivity index (χ0) is 21.1. The van der Waals surface area contributed by atoms with Crippen LogP contribution in [0.4, 0.5) is 4.79 Å². The maximum atomic E-state index is 12.8. The lowest BCUT2D eigenvalue weighted by Crippen LogP contribution is -2.44. The van der Waals surface area contributed by atoms with E-state index in [9.17, 15) is 9.59 Å². The van der Waals surface area contributed by atoms with Crippen molar-refractivity contribution in [2.24, 2.45) is 0 Å². The summed E-state index contributed by atoms with van der Waals surface area (Å²) in [5, 5.41) is 2.11. The smallest absolute Gasteiger partial charge is 0.411 e. The molecule has 0 aromatic heterocycles. The molecule has 4 rings (SSSR count). The zero-order valence-corrected chi connectivity index (χ0v) is 16.9. The second-order valence-electron chi connectivity index (χ2n) is 7.24. The lowest BCUT2D eigenvalue weighted by Gasteiger charge is -2.28. The van der Waals surface area contributed by atoms with Gasteiger partial charge in [0, 0.05) is 0 Å². The summed E-state index contributed by atoms with van der Waals surface area (Å²) < 4.78 is 10.6. The van der Waals surface area contributed by atoms with Gasteiger partial charge < -0.3 is 9.47 Å². The summed E-state index contributed by atoms with van der Waals surface area (Å²) in [6, 6.07) is 22.4. The van der Waals surface area contributed by atoms with Crippen molar-refractivity contribution < 1.29 is 19.1 Å². The molecule has 1 amide bonds. The summed E-state index contributed by atoms with van der Waals surface area (Å²) in [5.41, 5.74) is 1.91. The van der Waals surface area contributed by atoms with E-state index in [1.165, 1.54) is 12.0 Å². The summed E-state index contributed by atoms with van der Waals surface area (Å²) in [6.45, 7) is 1.91. The van der Waals surface area contributed by atoms with E-state index in [1.807, 2.05) is 85.8 Å². The van der Waals surface area contributed by atoms with Crippen molar-refractivity contribution in [3.8, 4) is 0 Å². The van der Waals surface area contributed by atoms with E-state index >= 15 is 0 Å². The molecule has 3 unspecified atom stereocenters. The van der Waals surface area contributed by atoms with Gasteiger partial charge >= 0.3 is 12.1 Å². The molecule has 0 spiro atoms. The van der Waals surface area contributed by atoms with Crippen LogP contribution < -0.4 is 0 Å². The van der Waals surface area contributed by atoms with E-state index in [1.54, 1.807) is 6.08 Å². The van der Waals surface area contributed by atoms with Crippen LogP contribution in [0.3, 0.4) is 0 Å². The monoisotopic (exact) mass is 401 g/mol. The molecule has 3 aromatic rings. The van der Waals surface area contributed by atoms with Crippen LogP contribution in [0.1, 0.15) is 24.1 Å². The first kappa shape index (κ1) is 19.7. The lowest BCUT2D eigenvalue weighted by molar-refractivity contribution is -0.146. The Labute approximate surface area is 175 Å². The molecule has 0 bridgehead atoms. The maximum Gasteiger partial charge on any atom is 0.411 e. The molecule has 5 nitrogen and oxygen atoms in total. The molecular formula is C25H23NO4. The summed E-state index contributed by atoms with van der Waals surface area (Å²) in [6.07, 6.45) is 2.32. The molecule has 3 atom stereocenters. The fourth-order valence-electron chi connectivity index (χ4n) is 3.96. The molecule has 1 aliphatic rings. The normalized spacial score (nSPS) is 19.8. The standard InChI is InChI=1S/C25H23NO4/c1-17(20-14-8-12-19-11-6-7-13-21(19)20)26-23(24(27)29-2)22(30-25(26)28)16-15-18-9-4-3-5-10-18/h3-17,22-23H,1-2H3. The Balaban J connectivity index is 1.69. The number of benzene rings is 3. The van der Waals surface area contributed by atoms with Gasteiger partial charge in [-0.15, -0.1) is 0 Å². The minimum Gasteiger partial charge on any atom is -0.467 e. The van der Waals surface area contributed by atoms with E-state index < -0.39 is 24.2 Å². The highest BCUT2D eigenvalue weighted by molar-refractivity contribution is 5.89. The average Bonchev–Trinajstić information content (AvgIpc) is 3.13. The van der Waals surface area contributed by atoms with E-state index in [-0.39, 0.29) is 6.04 Å². The number of carbonyl (C=O) groups is 2. The minimum atomic E-state index is -0.864. The predicted molar refractivity (Wildman–Crippen MR) is 116 cm³/mol. The van der Waals surface area contributed by atoms with Crippen LogP contribution >= 0.6 is 0 Å². The van der Waals surface area contributed by atoms with Gasteiger partial charge in [0.15, 0.2) is 12.1 Å². The van der Waals surface area contributed by atoms with Gasteiger partial charge in [0.25, 0.3) is 0 Å². The first-order chi connectivity index (χ1) is 14.6. The van der Waals surface area contributed by atoms with Gasteiger partial charge in [-0.2, -0.15) is 0 Å². The first-order valence-electron chi connectivity index (χ1n) is 9.88. The topological polar surface area (TPSA) is 55.8 Å². The largest absolute Gasteiger partial charge is 0.467 e. The number of carbonyl (C=O) groups excluding carboxylic acids is 2. The first-order valence-corrected chi connectivity index (χ1v) is 9.88. The molecule has 1 saturated heterocycles. The van der Waals surface area contributed by atoms with Crippen LogP contribution in [0, 0.1) is 0 Å². The van der Waals surface area contributed by atoms with Gasteiger partial charge in [-0.1, -0.05) is 78.9 Å². The quantitative estimate of drug-likeness (QED) is 0.566. The SMILES string of the molecule is COC(=O)C1C(C=Cc2ccccc2)OC(=O)N1C(C)c1cccc2ccccc12. The number of cyclic esters (lactones) is 1. The highest BCUT2D eigenvalue weighted by Gasteiger charge is 2.48. The molecule has 5 heteroatoms. The molecule has 0 aliphatic carbocycles. The molecule has 0 radical (unpaired) electrons. The van der Waals surface area contributed by atoms with Gasteiger partial charge in [0.2, 0.25) is 0 Å². The highest BCUT2D eigenvalue weighted by Crippen LogP contribution is 2.35. The second-order valence-corrected chi connectivity index (χ2v) is 7.24. The predicted octanol–water partition coefficient (Wildman–Crippen LogP) is 4.98. The Kier molecular flexibility index (Phi) is 5.53. The molecule has 30 heavy (non-hydrogen) atoms. The molecular weight excluding hydrogens is 378 g/mol. The third kappa shape index (κ3) is 3.66. The van der Waals surface area contributed by atoms with Crippen LogP contribution in [-0.2, 0) is 14.3 Å². The number of ether oxygens (including phenoxy) is 2. The fourth-order valence-corrected chi connectivity index (χ4v) is 3.96. The van der Waals surface area contributed by atoms with Gasteiger partial charge in [0.1, 0.15) is 0 Å². The fraction of sp³-hybridized carbons (Fsp3) is 0.200. The van der Waals surface area contributed by atoms with E-state index in [2.05, 4.69) is 0 Å². The molecule has 3 aromatic carbocycles. The number of fused-ring (bicyclic) bond motifs is 1. The number of methoxy groups -OCH3 is 1. The Morgan fingerprint density at radius 2 is 1.73 bits per heavy atom. The van der Waals surface area contributed by atoms with Crippen molar-refractivity contribution in [1.29, 1.82) is 0 Å². The van der Waals surface area contributed by atoms with Crippen LogP contribution in [0.2, 0.25) is 0 Å². The van der Waals surface area contributed by atoms with Crippen LogP contribution in [-0.4, -0.2) is 36.2 Å². The van der Waals surface area contributed by atoms with Crippen molar-refractivity contribution in [3.05, 3.63) is 90.0 Å². The molecule has 1 aliphatic heterocycles. The molecule has 0 N–H and O–H groups in total. The number of rotatable bonds is 5. The lowest BCUT2D eigenvalue weighted by atomic mass is 9.97. The molecule has 152 valence electrons. The molecule has 1 fully saturated rings. The summed E-state index contributed by atoms with van der Waals surface area (Å²) >= 11 is 0. The van der Waals surface area contributed by atoms with E-state index in [0.717, 1.165) is 21.9 Å². The molecule has 0 saturated carbocycles. The summed E-state index contributed by atoms with van der Waals surface area (Å²) in [5.74, 6) is -0.504.